The minimum absolute atomic E-state index is 0.904. The van der Waals surface area contributed by atoms with Crippen LogP contribution in [0.2, 0.25) is 0 Å². The van der Waals surface area contributed by atoms with Crippen molar-refractivity contribution in [1.82, 2.24) is 15.1 Å². The average molecular weight is 265 g/mol. The van der Waals surface area contributed by atoms with Gasteiger partial charge in [0.1, 0.15) is 5.76 Å². The van der Waals surface area contributed by atoms with E-state index in [1.807, 2.05) is 0 Å². The molecule has 0 radical (unpaired) electrons. The van der Waals surface area contributed by atoms with Crippen LogP contribution in [0.15, 0.2) is 16.7 Å². The van der Waals surface area contributed by atoms with Crippen molar-refractivity contribution in [2.24, 2.45) is 0 Å². The number of furan rings is 1. The molecule has 19 heavy (non-hydrogen) atoms. The summed E-state index contributed by atoms with van der Waals surface area (Å²) in [4.78, 5) is 4.91. The van der Waals surface area contributed by atoms with Crippen LogP contribution in [0.5, 0.6) is 0 Å². The second-order valence-electron chi connectivity index (χ2n) is 5.44. The molecule has 0 saturated carbocycles. The highest BCUT2D eigenvalue weighted by atomic mass is 16.3. The summed E-state index contributed by atoms with van der Waals surface area (Å²) in [7, 11) is 2.18. The van der Waals surface area contributed by atoms with Gasteiger partial charge in [0.2, 0.25) is 0 Å². The monoisotopic (exact) mass is 265 g/mol. The molecule has 2 heterocycles. The molecule has 1 N–H and O–H groups in total. The van der Waals surface area contributed by atoms with Gasteiger partial charge in [-0.3, -0.25) is 4.90 Å². The smallest absolute Gasteiger partial charge is 0.122 e. The molecule has 4 nitrogen and oxygen atoms in total. The number of rotatable bonds is 8. The fraction of sp³-hybridized carbons (Fsp3) is 0.733. The molecule has 0 amide bonds. The minimum atomic E-state index is 0.904. The highest BCUT2D eigenvalue weighted by Crippen LogP contribution is 2.13. The molecular weight excluding hydrogens is 238 g/mol. The zero-order valence-corrected chi connectivity index (χ0v) is 12.3. The van der Waals surface area contributed by atoms with Gasteiger partial charge in [-0.2, -0.15) is 0 Å². The number of hydrogen-bond donors (Lipinski definition) is 1. The van der Waals surface area contributed by atoms with E-state index >= 15 is 0 Å². The number of nitrogens with one attached hydrogen (secondary N) is 1. The van der Waals surface area contributed by atoms with Gasteiger partial charge in [-0.05, 0) is 45.6 Å². The Morgan fingerprint density at radius 1 is 1.37 bits per heavy atom. The number of likely N-dealkylation sites (tertiary alicyclic amines) is 1. The van der Waals surface area contributed by atoms with Crippen LogP contribution in [0.4, 0.5) is 0 Å². The molecule has 1 aromatic heterocycles. The largest absolute Gasteiger partial charge is 0.468 e. The Balaban J connectivity index is 1.74. The molecule has 0 atom stereocenters. The van der Waals surface area contributed by atoms with Gasteiger partial charge in [-0.25, -0.2) is 0 Å². The highest BCUT2D eigenvalue weighted by molar-refractivity contribution is 5.16. The molecule has 0 bridgehead atoms. The zero-order chi connectivity index (χ0) is 13.5. The number of likely N-dealkylation sites (N-methyl/N-ethyl adjacent to an activating group) is 1. The van der Waals surface area contributed by atoms with Gasteiger partial charge < -0.3 is 14.6 Å². The maximum atomic E-state index is 5.61. The molecule has 2 rings (SSSR count). The van der Waals surface area contributed by atoms with Crippen LogP contribution in [-0.4, -0.2) is 49.6 Å². The van der Waals surface area contributed by atoms with Crippen LogP contribution in [-0.2, 0) is 13.1 Å². The maximum absolute atomic E-state index is 5.61. The van der Waals surface area contributed by atoms with E-state index in [0.29, 0.717) is 0 Å². The van der Waals surface area contributed by atoms with Gasteiger partial charge in [-0.15, -0.1) is 0 Å². The third-order valence-corrected chi connectivity index (χ3v) is 3.81. The van der Waals surface area contributed by atoms with Crippen molar-refractivity contribution in [3.8, 4) is 0 Å². The summed E-state index contributed by atoms with van der Waals surface area (Å²) in [5.41, 5.74) is 1.29. The van der Waals surface area contributed by atoms with Crippen molar-refractivity contribution >= 4 is 0 Å². The topological polar surface area (TPSA) is 31.7 Å². The standard InChI is InChI=1S/C15H27N3O/c1-3-16-12-14-6-11-19-15(14)13-17(2)9-10-18-7-4-5-8-18/h6,11,16H,3-5,7-10,12-13H2,1-2H3. The highest BCUT2D eigenvalue weighted by Gasteiger charge is 2.13. The second kappa shape index (κ2) is 7.68. The average Bonchev–Trinajstić information content (AvgIpc) is 3.05. The Morgan fingerprint density at radius 3 is 2.89 bits per heavy atom. The normalized spacial score (nSPS) is 16.6. The van der Waals surface area contributed by atoms with E-state index in [2.05, 4.69) is 35.2 Å². The zero-order valence-electron chi connectivity index (χ0n) is 12.3. The Morgan fingerprint density at radius 2 is 2.16 bits per heavy atom. The lowest BCUT2D eigenvalue weighted by molar-refractivity contribution is 0.238. The van der Waals surface area contributed by atoms with Crippen molar-refractivity contribution in [3.63, 3.8) is 0 Å². The SMILES string of the molecule is CCNCc1ccoc1CN(C)CCN1CCCC1. The van der Waals surface area contributed by atoms with E-state index in [1.165, 1.54) is 38.0 Å². The molecule has 0 unspecified atom stereocenters. The van der Waals surface area contributed by atoms with E-state index in [4.69, 9.17) is 4.42 Å². The second-order valence-corrected chi connectivity index (χ2v) is 5.44. The molecule has 1 saturated heterocycles. The predicted molar refractivity (Wildman–Crippen MR) is 78.1 cm³/mol. The van der Waals surface area contributed by atoms with E-state index in [0.717, 1.165) is 31.9 Å². The Bertz CT molecular complexity index is 358. The number of nitrogens with zero attached hydrogens (tertiary/aromatic N) is 2. The Hall–Kier alpha value is -0.840. The van der Waals surface area contributed by atoms with Crippen molar-refractivity contribution < 1.29 is 4.42 Å². The summed E-state index contributed by atoms with van der Waals surface area (Å²) in [5, 5.41) is 3.35. The first-order chi connectivity index (χ1) is 9.29. The van der Waals surface area contributed by atoms with Gasteiger partial charge >= 0.3 is 0 Å². The lowest BCUT2D eigenvalue weighted by Crippen LogP contribution is -2.31. The summed E-state index contributed by atoms with van der Waals surface area (Å²) in [6, 6.07) is 2.08. The first kappa shape index (κ1) is 14.6. The van der Waals surface area contributed by atoms with E-state index in [1.54, 1.807) is 6.26 Å². The quantitative estimate of drug-likeness (QED) is 0.778. The van der Waals surface area contributed by atoms with Gasteiger partial charge in [0, 0.05) is 25.2 Å². The summed E-state index contributed by atoms with van der Waals surface area (Å²) in [5.74, 6) is 1.10. The Labute approximate surface area is 116 Å². The lowest BCUT2D eigenvalue weighted by atomic mass is 10.2. The van der Waals surface area contributed by atoms with E-state index in [9.17, 15) is 0 Å². The Kier molecular flexibility index (Phi) is 5.89. The lowest BCUT2D eigenvalue weighted by Gasteiger charge is -2.20. The van der Waals surface area contributed by atoms with Crippen LogP contribution < -0.4 is 5.32 Å². The summed E-state index contributed by atoms with van der Waals surface area (Å²) in [6.45, 7) is 9.78. The third-order valence-electron chi connectivity index (χ3n) is 3.81. The van der Waals surface area contributed by atoms with Crippen LogP contribution >= 0.6 is 0 Å². The molecule has 1 aliphatic rings. The molecule has 1 aliphatic heterocycles. The van der Waals surface area contributed by atoms with Gasteiger partial charge in [-0.1, -0.05) is 6.92 Å². The van der Waals surface area contributed by atoms with Gasteiger partial charge in [0.05, 0.1) is 12.8 Å². The van der Waals surface area contributed by atoms with Crippen molar-refractivity contribution in [3.05, 3.63) is 23.7 Å². The molecule has 1 aromatic rings. The molecule has 1 fully saturated rings. The van der Waals surface area contributed by atoms with Gasteiger partial charge in [0.25, 0.3) is 0 Å². The molecular formula is C15H27N3O. The molecule has 0 aliphatic carbocycles. The van der Waals surface area contributed by atoms with Crippen LogP contribution in [0, 0.1) is 0 Å². The van der Waals surface area contributed by atoms with Crippen molar-refractivity contribution in [1.29, 1.82) is 0 Å². The number of hydrogen-bond acceptors (Lipinski definition) is 4. The fourth-order valence-electron chi connectivity index (χ4n) is 2.57. The van der Waals surface area contributed by atoms with E-state index < -0.39 is 0 Å². The van der Waals surface area contributed by atoms with Crippen molar-refractivity contribution in [2.75, 3.05) is 39.8 Å². The molecule has 4 heteroatoms. The molecule has 108 valence electrons. The van der Waals surface area contributed by atoms with E-state index in [-0.39, 0.29) is 0 Å². The van der Waals surface area contributed by atoms with Crippen LogP contribution in [0.3, 0.4) is 0 Å². The first-order valence-corrected chi connectivity index (χ1v) is 7.46. The third kappa shape index (κ3) is 4.64. The van der Waals surface area contributed by atoms with Crippen LogP contribution in [0.1, 0.15) is 31.1 Å². The first-order valence-electron chi connectivity index (χ1n) is 7.46. The summed E-state index contributed by atoms with van der Waals surface area (Å²) >= 11 is 0. The minimum Gasteiger partial charge on any atom is -0.468 e. The summed E-state index contributed by atoms with van der Waals surface area (Å²) in [6.07, 6.45) is 4.54. The molecule has 0 spiro atoms. The van der Waals surface area contributed by atoms with Crippen LogP contribution in [0.25, 0.3) is 0 Å². The van der Waals surface area contributed by atoms with Gasteiger partial charge in [0.15, 0.2) is 0 Å². The van der Waals surface area contributed by atoms with Crippen molar-refractivity contribution in [2.45, 2.75) is 32.9 Å². The fourth-order valence-corrected chi connectivity index (χ4v) is 2.57. The molecule has 0 aromatic carbocycles. The maximum Gasteiger partial charge on any atom is 0.122 e. The predicted octanol–water partition coefficient (Wildman–Crippen LogP) is 1.92. The summed E-state index contributed by atoms with van der Waals surface area (Å²) < 4.78 is 5.61.